The molecule has 0 aliphatic carbocycles. The Bertz CT molecular complexity index is 873. The minimum Gasteiger partial charge on any atom is -0.378 e. The van der Waals surface area contributed by atoms with Crippen molar-refractivity contribution in [1.82, 2.24) is 10.2 Å². The first-order chi connectivity index (χ1) is 15.2. The van der Waals surface area contributed by atoms with Gasteiger partial charge < -0.3 is 19.9 Å². The van der Waals surface area contributed by atoms with Crippen LogP contribution >= 0.6 is 11.8 Å². The molecule has 2 aliphatic rings. The molecule has 2 aromatic carbocycles. The molecule has 2 saturated heterocycles. The summed E-state index contributed by atoms with van der Waals surface area (Å²) in [5.41, 5.74) is 1.58. The fourth-order valence-corrected chi connectivity index (χ4v) is 5.18. The summed E-state index contributed by atoms with van der Waals surface area (Å²) in [7, 11) is 1.82. The van der Waals surface area contributed by atoms with Gasteiger partial charge in [0, 0.05) is 50.4 Å². The second-order valence-electron chi connectivity index (χ2n) is 8.01. The third-order valence-corrected chi connectivity index (χ3v) is 7.08. The summed E-state index contributed by atoms with van der Waals surface area (Å²) in [6.07, 6.45) is 1.17. The van der Waals surface area contributed by atoms with Crippen LogP contribution in [0.4, 0.5) is 10.1 Å². The summed E-state index contributed by atoms with van der Waals surface area (Å²) in [5.74, 6) is 2.49. The maximum Gasteiger partial charge on any atom is 0.193 e. The minimum absolute atomic E-state index is 0.171. The smallest absolute Gasteiger partial charge is 0.193 e. The molecular weight excluding hydrogens is 411 g/mol. The van der Waals surface area contributed by atoms with E-state index in [9.17, 15) is 4.39 Å². The lowest BCUT2D eigenvalue weighted by Crippen LogP contribution is -2.39. The summed E-state index contributed by atoms with van der Waals surface area (Å²) >= 11 is 1.92. The van der Waals surface area contributed by atoms with Crippen molar-refractivity contribution in [2.75, 3.05) is 57.1 Å². The Kier molecular flexibility index (Phi) is 7.70. The summed E-state index contributed by atoms with van der Waals surface area (Å²) in [6, 6.07) is 16.1. The SMILES string of the molecule is CN=C(NCc1ccc(N2CCOCC2)c(F)c1)N1CCC(CSc2ccccc2)C1. The van der Waals surface area contributed by atoms with Crippen LogP contribution in [0.5, 0.6) is 0 Å². The van der Waals surface area contributed by atoms with Crippen molar-refractivity contribution in [3.8, 4) is 0 Å². The molecule has 4 rings (SSSR count). The van der Waals surface area contributed by atoms with Crippen LogP contribution in [0, 0.1) is 11.7 Å². The summed E-state index contributed by atoms with van der Waals surface area (Å²) < 4.78 is 20.0. The van der Waals surface area contributed by atoms with E-state index in [1.54, 1.807) is 6.07 Å². The first kappa shape index (κ1) is 22.0. The number of halogens is 1. The molecule has 0 saturated carbocycles. The number of benzene rings is 2. The topological polar surface area (TPSA) is 40.1 Å². The molecule has 1 unspecified atom stereocenters. The molecule has 2 aromatic rings. The van der Waals surface area contributed by atoms with Gasteiger partial charge in [-0.1, -0.05) is 24.3 Å². The van der Waals surface area contributed by atoms with E-state index >= 15 is 0 Å². The van der Waals surface area contributed by atoms with E-state index in [1.165, 1.54) is 11.3 Å². The van der Waals surface area contributed by atoms with Crippen molar-refractivity contribution < 1.29 is 9.13 Å². The van der Waals surface area contributed by atoms with E-state index in [2.05, 4.69) is 45.5 Å². The molecular formula is C24H31FN4OS. The van der Waals surface area contributed by atoms with Gasteiger partial charge in [0.15, 0.2) is 5.96 Å². The number of rotatable bonds is 6. The van der Waals surface area contributed by atoms with E-state index in [1.807, 2.05) is 35.8 Å². The van der Waals surface area contributed by atoms with Gasteiger partial charge in [-0.3, -0.25) is 4.99 Å². The molecule has 2 aliphatic heterocycles. The first-order valence-electron chi connectivity index (χ1n) is 11.0. The van der Waals surface area contributed by atoms with Crippen LogP contribution in [0.25, 0.3) is 0 Å². The Hall–Kier alpha value is -2.25. The highest BCUT2D eigenvalue weighted by Gasteiger charge is 2.25. The number of likely N-dealkylation sites (tertiary alicyclic amines) is 1. The highest BCUT2D eigenvalue weighted by atomic mass is 32.2. The number of guanidine groups is 1. The zero-order valence-electron chi connectivity index (χ0n) is 18.1. The molecule has 2 heterocycles. The van der Waals surface area contributed by atoms with Crippen molar-refractivity contribution in [3.63, 3.8) is 0 Å². The summed E-state index contributed by atoms with van der Waals surface area (Å²) in [6.45, 7) is 5.35. The van der Waals surface area contributed by atoms with E-state index < -0.39 is 0 Å². The first-order valence-corrected chi connectivity index (χ1v) is 12.0. The predicted molar refractivity (Wildman–Crippen MR) is 126 cm³/mol. The predicted octanol–water partition coefficient (Wildman–Crippen LogP) is 3.85. The zero-order valence-corrected chi connectivity index (χ0v) is 18.9. The molecule has 5 nitrogen and oxygen atoms in total. The van der Waals surface area contributed by atoms with Crippen LogP contribution in [0.1, 0.15) is 12.0 Å². The Morgan fingerprint density at radius 2 is 1.97 bits per heavy atom. The molecule has 7 heteroatoms. The standard InChI is InChI=1S/C24H31FN4OS/c1-26-24(29-10-9-20(17-29)18-31-21-5-3-2-4-6-21)27-16-19-7-8-23(22(25)15-19)28-11-13-30-14-12-28/h2-8,15,20H,9-14,16-18H2,1H3,(H,26,27). The number of ether oxygens (including phenoxy) is 1. The van der Waals surface area contributed by atoms with Crippen molar-refractivity contribution in [2.45, 2.75) is 17.9 Å². The van der Waals surface area contributed by atoms with Crippen molar-refractivity contribution in [2.24, 2.45) is 10.9 Å². The van der Waals surface area contributed by atoms with Gasteiger partial charge in [-0.25, -0.2) is 4.39 Å². The maximum absolute atomic E-state index is 14.7. The van der Waals surface area contributed by atoms with E-state index in [-0.39, 0.29) is 5.82 Å². The molecule has 31 heavy (non-hydrogen) atoms. The second kappa shape index (κ2) is 10.9. The second-order valence-corrected chi connectivity index (χ2v) is 9.10. The fraction of sp³-hybridized carbons (Fsp3) is 0.458. The molecule has 0 radical (unpaired) electrons. The van der Waals surface area contributed by atoms with Gasteiger partial charge in [0.2, 0.25) is 0 Å². The quantitative estimate of drug-likeness (QED) is 0.418. The molecule has 0 spiro atoms. The minimum atomic E-state index is -0.171. The van der Waals surface area contributed by atoms with E-state index in [4.69, 9.17) is 4.74 Å². The number of aliphatic imine (C=N–C) groups is 1. The normalized spacial score (nSPS) is 19.7. The molecule has 2 fully saturated rings. The molecule has 1 atom stereocenters. The molecule has 0 bridgehead atoms. The zero-order chi connectivity index (χ0) is 21.5. The molecule has 166 valence electrons. The molecule has 0 amide bonds. The number of hydrogen-bond acceptors (Lipinski definition) is 4. The fourth-order valence-electron chi connectivity index (χ4n) is 4.13. The number of nitrogens with zero attached hydrogens (tertiary/aromatic N) is 3. The maximum atomic E-state index is 14.7. The number of nitrogens with one attached hydrogen (secondary N) is 1. The van der Waals surface area contributed by atoms with Crippen LogP contribution in [-0.4, -0.2) is 63.1 Å². The number of morpholine rings is 1. The van der Waals surface area contributed by atoms with Crippen molar-refractivity contribution in [1.29, 1.82) is 0 Å². The average molecular weight is 443 g/mol. The highest BCUT2D eigenvalue weighted by Crippen LogP contribution is 2.26. The summed E-state index contributed by atoms with van der Waals surface area (Å²) in [4.78, 5) is 10.1. The Balaban J connectivity index is 1.27. The van der Waals surface area contributed by atoms with Crippen LogP contribution < -0.4 is 10.2 Å². The number of thioether (sulfide) groups is 1. The summed E-state index contributed by atoms with van der Waals surface area (Å²) in [5, 5.41) is 3.42. The Morgan fingerprint density at radius 1 is 1.16 bits per heavy atom. The van der Waals surface area contributed by atoms with Crippen LogP contribution in [-0.2, 0) is 11.3 Å². The van der Waals surface area contributed by atoms with Crippen LogP contribution in [0.15, 0.2) is 58.4 Å². The van der Waals surface area contributed by atoms with Crippen LogP contribution in [0.3, 0.4) is 0 Å². The lowest BCUT2D eigenvalue weighted by atomic mass is 10.1. The number of hydrogen-bond donors (Lipinski definition) is 1. The number of anilines is 1. The van der Waals surface area contributed by atoms with Crippen molar-refractivity contribution >= 4 is 23.4 Å². The molecule has 0 aromatic heterocycles. The highest BCUT2D eigenvalue weighted by molar-refractivity contribution is 7.99. The van der Waals surface area contributed by atoms with Gasteiger partial charge in [-0.2, -0.15) is 0 Å². The lowest BCUT2D eigenvalue weighted by Gasteiger charge is -2.29. The Labute approximate surface area is 188 Å². The molecule has 1 N–H and O–H groups in total. The Morgan fingerprint density at radius 3 is 2.71 bits per heavy atom. The monoisotopic (exact) mass is 442 g/mol. The average Bonchev–Trinajstić information content (AvgIpc) is 3.28. The third kappa shape index (κ3) is 5.92. The largest absolute Gasteiger partial charge is 0.378 e. The van der Waals surface area contributed by atoms with E-state index in [0.717, 1.165) is 43.5 Å². The van der Waals surface area contributed by atoms with Gasteiger partial charge in [0.1, 0.15) is 5.82 Å². The van der Waals surface area contributed by atoms with Crippen molar-refractivity contribution in [3.05, 3.63) is 59.9 Å². The van der Waals surface area contributed by atoms with Gasteiger partial charge >= 0.3 is 0 Å². The lowest BCUT2D eigenvalue weighted by molar-refractivity contribution is 0.122. The van der Waals surface area contributed by atoms with Gasteiger partial charge in [-0.05, 0) is 42.2 Å². The van der Waals surface area contributed by atoms with E-state index in [0.29, 0.717) is 31.4 Å². The third-order valence-electron chi connectivity index (χ3n) is 5.84. The van der Waals surface area contributed by atoms with Crippen LogP contribution in [0.2, 0.25) is 0 Å². The van der Waals surface area contributed by atoms with Gasteiger partial charge in [-0.15, -0.1) is 11.8 Å². The van der Waals surface area contributed by atoms with Gasteiger partial charge in [0.25, 0.3) is 0 Å². The van der Waals surface area contributed by atoms with Gasteiger partial charge in [0.05, 0.1) is 18.9 Å².